The Hall–Kier alpha value is -1.81. The minimum atomic E-state index is -1.00. The number of nitrogens with one attached hydrogen (secondary N) is 1. The molecule has 2 N–H and O–H groups in total. The molecule has 0 radical (unpaired) electrons. The summed E-state index contributed by atoms with van der Waals surface area (Å²) in [5.74, 6) is -0.943. The summed E-state index contributed by atoms with van der Waals surface area (Å²) in [5.41, 5.74) is 1.59. The largest absolute Gasteiger partial charge is 0.475 e. The lowest BCUT2D eigenvalue weighted by Crippen LogP contribution is -2.49. The van der Waals surface area contributed by atoms with Crippen molar-refractivity contribution < 1.29 is 14.3 Å². The summed E-state index contributed by atoms with van der Waals surface area (Å²) >= 11 is 0. The van der Waals surface area contributed by atoms with Crippen LogP contribution in [0.25, 0.3) is 11.0 Å². The molecule has 0 aliphatic heterocycles. The Morgan fingerprint density at radius 2 is 2.15 bits per heavy atom. The maximum absolute atomic E-state index is 11.3. The van der Waals surface area contributed by atoms with Crippen LogP contribution in [-0.2, 0) is 6.54 Å². The van der Waals surface area contributed by atoms with Crippen molar-refractivity contribution in [3.8, 4) is 0 Å². The summed E-state index contributed by atoms with van der Waals surface area (Å²) in [6.45, 7) is 2.73. The monoisotopic (exact) mass is 273 g/mol. The Labute approximate surface area is 117 Å². The van der Waals surface area contributed by atoms with Crippen molar-refractivity contribution >= 4 is 16.9 Å². The third kappa shape index (κ3) is 2.10. The van der Waals surface area contributed by atoms with E-state index in [1.165, 1.54) is 19.3 Å². The number of carbonyl (C=O) groups is 1. The van der Waals surface area contributed by atoms with E-state index >= 15 is 0 Å². The highest BCUT2D eigenvalue weighted by atomic mass is 16.4. The summed E-state index contributed by atoms with van der Waals surface area (Å²) in [7, 11) is 0. The molecule has 1 aliphatic carbocycles. The first-order chi connectivity index (χ1) is 9.65. The van der Waals surface area contributed by atoms with E-state index in [4.69, 9.17) is 4.42 Å². The van der Waals surface area contributed by atoms with Gasteiger partial charge in [0.2, 0.25) is 5.76 Å². The van der Waals surface area contributed by atoms with Gasteiger partial charge in [0.25, 0.3) is 0 Å². The van der Waals surface area contributed by atoms with Crippen LogP contribution >= 0.6 is 0 Å². The molecule has 0 unspecified atom stereocenters. The Morgan fingerprint density at radius 1 is 1.40 bits per heavy atom. The third-order valence-electron chi connectivity index (χ3n) is 4.52. The second-order valence-corrected chi connectivity index (χ2v) is 5.55. The summed E-state index contributed by atoms with van der Waals surface area (Å²) in [4.78, 5) is 11.3. The van der Waals surface area contributed by atoms with Crippen LogP contribution in [-0.4, -0.2) is 16.6 Å². The van der Waals surface area contributed by atoms with Crippen molar-refractivity contribution in [3.05, 3.63) is 35.6 Å². The Bertz CT molecular complexity index is 635. The first kappa shape index (κ1) is 13.2. The Balaban J connectivity index is 1.93. The first-order valence-corrected chi connectivity index (χ1v) is 7.14. The molecule has 0 amide bonds. The van der Waals surface area contributed by atoms with E-state index in [9.17, 15) is 9.90 Å². The first-order valence-electron chi connectivity index (χ1n) is 7.14. The van der Waals surface area contributed by atoms with Gasteiger partial charge >= 0.3 is 5.97 Å². The average molecular weight is 273 g/mol. The number of hydrogen-bond donors (Lipinski definition) is 2. The van der Waals surface area contributed by atoms with Gasteiger partial charge in [0.1, 0.15) is 5.58 Å². The summed E-state index contributed by atoms with van der Waals surface area (Å²) in [5, 5.41) is 13.7. The molecule has 106 valence electrons. The molecule has 3 rings (SSSR count). The number of furan rings is 1. The van der Waals surface area contributed by atoms with Gasteiger partial charge in [-0.2, -0.15) is 0 Å². The molecule has 20 heavy (non-hydrogen) atoms. The number of carboxylic acids is 1. The van der Waals surface area contributed by atoms with Gasteiger partial charge < -0.3 is 14.8 Å². The van der Waals surface area contributed by atoms with Crippen molar-refractivity contribution in [3.63, 3.8) is 0 Å². The maximum Gasteiger partial charge on any atom is 0.372 e. The van der Waals surface area contributed by atoms with Crippen molar-refractivity contribution in [2.45, 2.75) is 44.7 Å². The number of rotatable bonds is 5. The van der Waals surface area contributed by atoms with Crippen molar-refractivity contribution in [2.75, 3.05) is 0 Å². The summed E-state index contributed by atoms with van der Waals surface area (Å²) < 4.78 is 5.47. The molecule has 1 aliphatic rings. The van der Waals surface area contributed by atoms with E-state index in [0.717, 1.165) is 17.4 Å². The lowest BCUT2D eigenvalue weighted by molar-refractivity contribution is 0.0662. The number of carboxylic acid groups (broad SMARTS) is 1. The molecule has 1 aromatic heterocycles. The van der Waals surface area contributed by atoms with Crippen molar-refractivity contribution in [1.82, 2.24) is 5.32 Å². The molecule has 1 saturated carbocycles. The van der Waals surface area contributed by atoms with Gasteiger partial charge in [-0.1, -0.05) is 25.1 Å². The van der Waals surface area contributed by atoms with E-state index in [2.05, 4.69) is 12.2 Å². The van der Waals surface area contributed by atoms with E-state index in [1.807, 2.05) is 24.3 Å². The SMILES string of the molecule is CCC1(NCc2c(C(=O)O)oc3ccccc23)CCC1. The molecule has 2 aromatic rings. The Morgan fingerprint density at radius 3 is 2.75 bits per heavy atom. The van der Waals surface area contributed by atoms with Crippen molar-refractivity contribution in [2.24, 2.45) is 0 Å². The lowest BCUT2D eigenvalue weighted by atomic mass is 9.75. The molecule has 4 nitrogen and oxygen atoms in total. The molecule has 0 bridgehead atoms. The normalized spacial score (nSPS) is 17.1. The van der Waals surface area contributed by atoms with Gasteiger partial charge in [0.05, 0.1) is 0 Å². The second-order valence-electron chi connectivity index (χ2n) is 5.55. The minimum Gasteiger partial charge on any atom is -0.475 e. The number of benzene rings is 1. The van der Waals surface area contributed by atoms with Crippen LogP contribution < -0.4 is 5.32 Å². The molecule has 1 fully saturated rings. The number of para-hydroxylation sites is 1. The fourth-order valence-corrected chi connectivity index (χ4v) is 2.98. The van der Waals surface area contributed by atoms with Crippen LogP contribution in [0.4, 0.5) is 0 Å². The maximum atomic E-state index is 11.3. The van der Waals surface area contributed by atoms with E-state index in [-0.39, 0.29) is 11.3 Å². The van der Waals surface area contributed by atoms with E-state index < -0.39 is 5.97 Å². The van der Waals surface area contributed by atoms with E-state index in [1.54, 1.807) is 0 Å². The van der Waals surface area contributed by atoms with Gasteiger partial charge in [0.15, 0.2) is 0 Å². The molecule has 0 spiro atoms. The van der Waals surface area contributed by atoms with Gasteiger partial charge in [-0.15, -0.1) is 0 Å². The van der Waals surface area contributed by atoms with Crippen LogP contribution in [0.15, 0.2) is 28.7 Å². The molecular formula is C16H19NO3. The molecule has 1 aromatic carbocycles. The van der Waals surface area contributed by atoms with Gasteiger partial charge in [-0.3, -0.25) is 0 Å². The van der Waals surface area contributed by atoms with Crippen LogP contribution in [0, 0.1) is 0 Å². The Kier molecular flexibility index (Phi) is 3.26. The van der Waals surface area contributed by atoms with Crippen LogP contribution in [0.2, 0.25) is 0 Å². The molecule has 1 heterocycles. The predicted octanol–water partition coefficient (Wildman–Crippen LogP) is 3.55. The highest BCUT2D eigenvalue weighted by Crippen LogP contribution is 2.35. The summed E-state index contributed by atoms with van der Waals surface area (Å²) in [6.07, 6.45) is 4.66. The zero-order chi connectivity index (χ0) is 14.2. The number of hydrogen-bond acceptors (Lipinski definition) is 3. The smallest absolute Gasteiger partial charge is 0.372 e. The fourth-order valence-electron chi connectivity index (χ4n) is 2.98. The van der Waals surface area contributed by atoms with Crippen LogP contribution in [0.5, 0.6) is 0 Å². The molecular weight excluding hydrogens is 254 g/mol. The van der Waals surface area contributed by atoms with Crippen molar-refractivity contribution in [1.29, 1.82) is 0 Å². The average Bonchev–Trinajstić information content (AvgIpc) is 2.77. The zero-order valence-corrected chi connectivity index (χ0v) is 11.6. The molecule has 0 saturated heterocycles. The lowest BCUT2D eigenvalue weighted by Gasteiger charge is -2.42. The minimum absolute atomic E-state index is 0.0595. The molecule has 0 atom stereocenters. The summed E-state index contributed by atoms with van der Waals surface area (Å²) in [6, 6.07) is 7.49. The van der Waals surface area contributed by atoms with E-state index in [0.29, 0.717) is 12.1 Å². The number of fused-ring (bicyclic) bond motifs is 1. The van der Waals surface area contributed by atoms with Crippen LogP contribution in [0.3, 0.4) is 0 Å². The van der Waals surface area contributed by atoms with Gasteiger partial charge in [-0.05, 0) is 31.7 Å². The van der Waals surface area contributed by atoms with Crippen LogP contribution in [0.1, 0.15) is 48.7 Å². The van der Waals surface area contributed by atoms with Gasteiger partial charge in [-0.25, -0.2) is 4.79 Å². The highest BCUT2D eigenvalue weighted by Gasteiger charge is 2.35. The topological polar surface area (TPSA) is 62.5 Å². The number of aromatic carboxylic acids is 1. The third-order valence-corrected chi connectivity index (χ3v) is 4.52. The molecule has 4 heteroatoms. The fraction of sp³-hybridized carbons (Fsp3) is 0.438. The quantitative estimate of drug-likeness (QED) is 0.874. The standard InChI is InChI=1S/C16H19NO3/c1-2-16(8-5-9-16)17-10-12-11-6-3-4-7-13(11)20-14(12)15(18)19/h3-4,6-7,17H,2,5,8-10H2,1H3,(H,18,19). The highest BCUT2D eigenvalue weighted by molar-refractivity contribution is 5.95. The van der Waals surface area contributed by atoms with Gasteiger partial charge in [0, 0.05) is 23.0 Å². The second kappa shape index (κ2) is 4.94. The predicted molar refractivity (Wildman–Crippen MR) is 76.9 cm³/mol. The zero-order valence-electron chi connectivity index (χ0n) is 11.6.